The number of carbonyl (C=O) groups is 2. The molecule has 0 saturated carbocycles. The molecule has 5 nitrogen and oxygen atoms in total. The standard InChI is InChI=1S/C19H23N3O2.ClH/c20-10-3-4-11-21-19(24)15-12-18(23)22(13-15)17-9-5-7-14-6-1-2-8-16(14)17;/h1-2,5-9,15H,3-4,10-13,20H2,(H,21,24);1H. The van der Waals surface area contributed by atoms with Crippen molar-refractivity contribution in [2.45, 2.75) is 19.3 Å². The first-order valence-electron chi connectivity index (χ1n) is 8.46. The minimum Gasteiger partial charge on any atom is -0.356 e. The SMILES string of the molecule is Cl.NCCCCNC(=O)C1CC(=O)N(c2cccc3ccccc23)C1. The Balaban J connectivity index is 0.00000225. The Labute approximate surface area is 154 Å². The Morgan fingerprint density at radius 1 is 1.16 bits per heavy atom. The molecule has 1 heterocycles. The molecule has 2 aromatic rings. The quantitative estimate of drug-likeness (QED) is 0.776. The Morgan fingerprint density at radius 3 is 2.72 bits per heavy atom. The first-order chi connectivity index (χ1) is 11.7. The van der Waals surface area contributed by atoms with Gasteiger partial charge in [-0.25, -0.2) is 0 Å². The number of fused-ring (bicyclic) bond motifs is 1. The number of amides is 2. The molecular formula is C19H24ClN3O2. The van der Waals surface area contributed by atoms with Gasteiger partial charge in [0.15, 0.2) is 0 Å². The predicted molar refractivity (Wildman–Crippen MR) is 103 cm³/mol. The second-order valence-electron chi connectivity index (χ2n) is 6.19. The zero-order valence-electron chi connectivity index (χ0n) is 14.1. The largest absolute Gasteiger partial charge is 0.356 e. The van der Waals surface area contributed by atoms with Gasteiger partial charge in [0, 0.05) is 24.9 Å². The van der Waals surface area contributed by atoms with E-state index < -0.39 is 0 Å². The molecule has 1 unspecified atom stereocenters. The van der Waals surface area contributed by atoms with Gasteiger partial charge in [0.05, 0.1) is 11.6 Å². The number of nitrogens with zero attached hydrogens (tertiary/aromatic N) is 1. The molecule has 1 saturated heterocycles. The summed E-state index contributed by atoms with van der Waals surface area (Å²) in [5.74, 6) is -0.314. The predicted octanol–water partition coefficient (Wildman–Crippen LogP) is 2.47. The van der Waals surface area contributed by atoms with Gasteiger partial charge in [0.25, 0.3) is 0 Å². The van der Waals surface area contributed by atoms with Crippen molar-refractivity contribution >= 4 is 40.7 Å². The van der Waals surface area contributed by atoms with E-state index in [0.717, 1.165) is 29.3 Å². The molecule has 1 aliphatic heterocycles. The Hall–Kier alpha value is -2.11. The van der Waals surface area contributed by atoms with E-state index in [4.69, 9.17) is 5.73 Å². The smallest absolute Gasteiger partial charge is 0.227 e. The van der Waals surface area contributed by atoms with Gasteiger partial charge >= 0.3 is 0 Å². The van der Waals surface area contributed by atoms with Crippen molar-refractivity contribution < 1.29 is 9.59 Å². The Kier molecular flexibility index (Phi) is 6.79. The molecule has 3 N–H and O–H groups in total. The van der Waals surface area contributed by atoms with Crippen LogP contribution in [0.15, 0.2) is 42.5 Å². The van der Waals surface area contributed by atoms with Gasteiger partial charge in [-0.15, -0.1) is 12.4 Å². The van der Waals surface area contributed by atoms with Crippen LogP contribution in [0.25, 0.3) is 10.8 Å². The molecule has 0 aromatic heterocycles. The van der Waals surface area contributed by atoms with Crippen LogP contribution in [0.3, 0.4) is 0 Å². The summed E-state index contributed by atoms with van der Waals surface area (Å²) < 4.78 is 0. The van der Waals surface area contributed by atoms with Crippen molar-refractivity contribution in [2.24, 2.45) is 11.7 Å². The maximum atomic E-state index is 12.4. The van der Waals surface area contributed by atoms with Crippen LogP contribution in [0.4, 0.5) is 5.69 Å². The third-order valence-electron chi connectivity index (χ3n) is 4.48. The summed E-state index contributed by atoms with van der Waals surface area (Å²) in [6.07, 6.45) is 2.04. The van der Waals surface area contributed by atoms with Crippen LogP contribution in [0.2, 0.25) is 0 Å². The summed E-state index contributed by atoms with van der Waals surface area (Å²) in [5, 5.41) is 5.05. The number of hydrogen-bond acceptors (Lipinski definition) is 3. The van der Waals surface area contributed by atoms with Gasteiger partial charge in [-0.3, -0.25) is 9.59 Å². The molecule has 3 rings (SSSR count). The van der Waals surface area contributed by atoms with Crippen molar-refractivity contribution in [1.29, 1.82) is 0 Å². The number of anilines is 1. The summed E-state index contributed by atoms with van der Waals surface area (Å²) in [7, 11) is 0. The van der Waals surface area contributed by atoms with E-state index in [1.165, 1.54) is 0 Å². The van der Waals surface area contributed by atoms with Crippen LogP contribution in [0.5, 0.6) is 0 Å². The molecule has 0 radical (unpaired) electrons. The molecule has 1 atom stereocenters. The lowest BCUT2D eigenvalue weighted by molar-refractivity contribution is -0.126. The maximum Gasteiger partial charge on any atom is 0.227 e. The summed E-state index contributed by atoms with van der Waals surface area (Å²) in [6, 6.07) is 13.9. The number of halogens is 1. The average molecular weight is 362 g/mol. The molecule has 25 heavy (non-hydrogen) atoms. The van der Waals surface area contributed by atoms with Crippen molar-refractivity contribution in [3.05, 3.63) is 42.5 Å². The van der Waals surface area contributed by atoms with Crippen LogP contribution < -0.4 is 16.0 Å². The molecule has 1 aliphatic rings. The number of nitrogens with one attached hydrogen (secondary N) is 1. The number of unbranched alkanes of at least 4 members (excludes halogenated alkanes) is 1. The molecule has 6 heteroatoms. The molecule has 0 aliphatic carbocycles. The van der Waals surface area contributed by atoms with Gasteiger partial charge in [-0.2, -0.15) is 0 Å². The van der Waals surface area contributed by atoms with Gasteiger partial charge in [-0.1, -0.05) is 36.4 Å². The Bertz CT molecular complexity index is 745. The van der Waals surface area contributed by atoms with Crippen LogP contribution >= 0.6 is 12.4 Å². The third-order valence-corrected chi connectivity index (χ3v) is 4.48. The third kappa shape index (κ3) is 4.30. The molecule has 2 amide bonds. The maximum absolute atomic E-state index is 12.4. The van der Waals surface area contributed by atoms with Crippen LogP contribution in [-0.4, -0.2) is 31.4 Å². The first-order valence-corrected chi connectivity index (χ1v) is 8.46. The zero-order chi connectivity index (χ0) is 16.9. The Morgan fingerprint density at radius 2 is 1.92 bits per heavy atom. The fourth-order valence-electron chi connectivity index (χ4n) is 3.18. The van der Waals surface area contributed by atoms with E-state index in [1.807, 2.05) is 42.5 Å². The highest BCUT2D eigenvalue weighted by Gasteiger charge is 2.35. The second kappa shape index (κ2) is 8.83. The highest BCUT2D eigenvalue weighted by Crippen LogP contribution is 2.31. The van der Waals surface area contributed by atoms with E-state index in [2.05, 4.69) is 5.32 Å². The van der Waals surface area contributed by atoms with Gasteiger partial charge in [-0.05, 0) is 30.8 Å². The topological polar surface area (TPSA) is 75.4 Å². The molecule has 1 fully saturated rings. The number of nitrogens with two attached hydrogens (primary N) is 1. The number of carbonyl (C=O) groups excluding carboxylic acids is 2. The highest BCUT2D eigenvalue weighted by atomic mass is 35.5. The van der Waals surface area contributed by atoms with E-state index in [1.54, 1.807) is 4.90 Å². The molecule has 134 valence electrons. The van der Waals surface area contributed by atoms with E-state index in [-0.39, 0.29) is 36.6 Å². The lowest BCUT2D eigenvalue weighted by Gasteiger charge is -2.19. The van der Waals surface area contributed by atoms with Crippen molar-refractivity contribution in [1.82, 2.24) is 5.32 Å². The minimum absolute atomic E-state index is 0. The van der Waals surface area contributed by atoms with E-state index >= 15 is 0 Å². The monoisotopic (exact) mass is 361 g/mol. The number of hydrogen-bond donors (Lipinski definition) is 2. The normalized spacial score (nSPS) is 16.8. The van der Waals surface area contributed by atoms with Crippen LogP contribution in [0.1, 0.15) is 19.3 Å². The second-order valence-corrected chi connectivity index (χ2v) is 6.19. The number of benzene rings is 2. The van der Waals surface area contributed by atoms with Gasteiger partial charge in [0.2, 0.25) is 11.8 Å². The fourth-order valence-corrected chi connectivity index (χ4v) is 3.18. The fraction of sp³-hybridized carbons (Fsp3) is 0.368. The molecular weight excluding hydrogens is 338 g/mol. The molecule has 0 spiro atoms. The highest BCUT2D eigenvalue weighted by molar-refractivity contribution is 6.06. The van der Waals surface area contributed by atoms with Crippen LogP contribution in [0, 0.1) is 5.92 Å². The van der Waals surface area contributed by atoms with Crippen molar-refractivity contribution in [3.63, 3.8) is 0 Å². The van der Waals surface area contributed by atoms with Gasteiger partial charge in [0.1, 0.15) is 0 Å². The lowest BCUT2D eigenvalue weighted by Crippen LogP contribution is -2.33. The first kappa shape index (κ1) is 19.2. The molecule has 0 bridgehead atoms. The zero-order valence-corrected chi connectivity index (χ0v) is 14.9. The average Bonchev–Trinajstić information content (AvgIpc) is 3.00. The van der Waals surface area contributed by atoms with Crippen molar-refractivity contribution in [2.75, 3.05) is 24.5 Å². The summed E-state index contributed by atoms with van der Waals surface area (Å²) in [4.78, 5) is 26.5. The number of rotatable bonds is 6. The van der Waals surface area contributed by atoms with E-state index in [0.29, 0.717) is 19.6 Å². The molecule has 2 aromatic carbocycles. The lowest BCUT2D eigenvalue weighted by atomic mass is 10.1. The van der Waals surface area contributed by atoms with Crippen molar-refractivity contribution in [3.8, 4) is 0 Å². The summed E-state index contributed by atoms with van der Waals surface area (Å²) in [6.45, 7) is 1.69. The van der Waals surface area contributed by atoms with Gasteiger partial charge < -0.3 is 16.0 Å². The summed E-state index contributed by atoms with van der Waals surface area (Å²) in [5.41, 5.74) is 6.34. The van der Waals surface area contributed by atoms with Crippen LogP contribution in [-0.2, 0) is 9.59 Å². The minimum atomic E-state index is -0.283. The van der Waals surface area contributed by atoms with E-state index in [9.17, 15) is 9.59 Å². The summed E-state index contributed by atoms with van der Waals surface area (Å²) >= 11 is 0.